The van der Waals surface area contributed by atoms with Gasteiger partial charge in [0.25, 0.3) is 5.91 Å². The van der Waals surface area contributed by atoms with E-state index in [0.29, 0.717) is 48.1 Å². The van der Waals surface area contributed by atoms with Crippen molar-refractivity contribution in [2.45, 2.75) is 45.2 Å². The van der Waals surface area contributed by atoms with E-state index >= 15 is 0 Å². The van der Waals surface area contributed by atoms with E-state index in [1.165, 1.54) is 12.0 Å². The fourth-order valence-electron chi connectivity index (χ4n) is 5.61. The van der Waals surface area contributed by atoms with Crippen molar-refractivity contribution in [3.63, 3.8) is 0 Å². The summed E-state index contributed by atoms with van der Waals surface area (Å²) in [6.45, 7) is 2.97. The van der Waals surface area contributed by atoms with Crippen LogP contribution in [0.4, 0.5) is 36.3 Å². The van der Waals surface area contributed by atoms with Crippen molar-refractivity contribution in [2.75, 3.05) is 38.0 Å². The fraction of sp³-hybridized carbons (Fsp3) is 0.355. The van der Waals surface area contributed by atoms with Gasteiger partial charge in [0.05, 0.1) is 49.6 Å². The number of nitrogens with zero attached hydrogens (tertiary/aromatic N) is 5. The second-order valence-electron chi connectivity index (χ2n) is 11.1. The highest BCUT2D eigenvalue weighted by atomic mass is 31.2. The van der Waals surface area contributed by atoms with Crippen LogP contribution < -0.4 is 15.4 Å². The molecule has 1 atom stereocenters. The van der Waals surface area contributed by atoms with Crippen molar-refractivity contribution in [1.82, 2.24) is 24.6 Å². The van der Waals surface area contributed by atoms with Crippen LogP contribution >= 0.6 is 7.60 Å². The van der Waals surface area contributed by atoms with Crippen LogP contribution in [-0.2, 0) is 39.0 Å². The van der Waals surface area contributed by atoms with Crippen LogP contribution in [0.5, 0.6) is 5.75 Å². The van der Waals surface area contributed by atoms with Crippen LogP contribution in [0.25, 0.3) is 11.1 Å². The molecular weight excluding hydrogens is 638 g/mol. The Morgan fingerprint density at radius 3 is 2.68 bits per heavy atom. The molecule has 4 aromatic rings. The molecule has 0 saturated heterocycles. The number of carbonyl (C=O) groups excluding carboxylic acids is 1. The first kappa shape index (κ1) is 32.5. The first-order chi connectivity index (χ1) is 22.5. The van der Waals surface area contributed by atoms with Gasteiger partial charge >= 0.3 is 13.8 Å². The molecule has 12 nitrogen and oxygen atoms in total. The maximum atomic E-state index is 14.2. The van der Waals surface area contributed by atoms with Crippen molar-refractivity contribution in [3.05, 3.63) is 71.2 Å². The van der Waals surface area contributed by atoms with Gasteiger partial charge in [-0.25, -0.2) is 4.98 Å². The van der Waals surface area contributed by atoms with Crippen molar-refractivity contribution in [2.24, 2.45) is 0 Å². The Balaban J connectivity index is 1.45. The largest absolute Gasteiger partial charge is 0.495 e. The molecule has 2 aromatic carbocycles. The van der Waals surface area contributed by atoms with Crippen molar-refractivity contribution in [3.8, 4) is 16.9 Å². The zero-order valence-electron chi connectivity index (χ0n) is 25.9. The van der Waals surface area contributed by atoms with Gasteiger partial charge in [0.15, 0.2) is 0 Å². The van der Waals surface area contributed by atoms with Crippen molar-refractivity contribution >= 4 is 36.6 Å². The predicted octanol–water partition coefficient (Wildman–Crippen LogP) is 6.98. The molecule has 8 bridgehead atoms. The number of carbonyl (C=O) groups is 1. The molecule has 4 aliphatic heterocycles. The highest BCUT2D eigenvalue weighted by molar-refractivity contribution is 7.53. The molecule has 2 N–H and O–H groups in total. The van der Waals surface area contributed by atoms with Gasteiger partial charge in [-0.3, -0.25) is 14.0 Å². The molecule has 8 rings (SSSR count). The Morgan fingerprint density at radius 2 is 1.91 bits per heavy atom. The summed E-state index contributed by atoms with van der Waals surface area (Å²) in [5, 5.41) is 10.2. The number of methoxy groups -OCH3 is 1. The molecule has 4 aliphatic rings. The van der Waals surface area contributed by atoms with Gasteiger partial charge in [-0.05, 0) is 54.7 Å². The summed E-state index contributed by atoms with van der Waals surface area (Å²) in [6, 6.07) is 8.26. The van der Waals surface area contributed by atoms with E-state index in [1.54, 1.807) is 55.2 Å². The number of hydrogen-bond acceptors (Lipinski definition) is 10. The summed E-state index contributed by atoms with van der Waals surface area (Å²) in [5.41, 5.74) is 2.44. The number of alkyl halides is 3. The normalized spacial score (nSPS) is 18.5. The molecule has 0 fully saturated rings. The molecule has 0 saturated carbocycles. The zero-order chi connectivity index (χ0) is 33.3. The standard InChI is InChI=1S/C31H33F3N7O5P/c1-4-45-47(43)18-19-7-9-24(26(13-19)44-3)38-30-35-15-23(31(32,33)34)28(39-30)37-25-10-8-21(22-17-40(2)29(42)27(22)25)20-14-36-41(16-20)11-5-6-12-46-47/h7-10,13-16H,4-6,11-12,17-18H2,1-3H3,(H2,35,37,38,39)/t47-/m0/s1. The monoisotopic (exact) mass is 671 g/mol. The first-order valence-corrected chi connectivity index (χ1v) is 16.7. The number of amides is 1. The third-order valence-corrected chi connectivity index (χ3v) is 9.82. The van der Waals surface area contributed by atoms with Gasteiger partial charge < -0.3 is 29.3 Å². The van der Waals surface area contributed by atoms with Gasteiger partial charge in [0.2, 0.25) is 5.95 Å². The number of halogens is 3. The molecule has 0 unspecified atom stereocenters. The van der Waals surface area contributed by atoms with Crippen molar-refractivity contribution in [1.29, 1.82) is 0 Å². The highest BCUT2D eigenvalue weighted by Crippen LogP contribution is 2.52. The summed E-state index contributed by atoms with van der Waals surface area (Å²) in [6.07, 6.45) is 0.698. The molecule has 1 amide bonds. The molecule has 0 aliphatic carbocycles. The SMILES string of the molecule is CCO[P@@]1(=O)Cc2ccc(c(OC)c2)Nc2ncc(C(F)(F)F)c(n2)Nc2ccc(c3c2C(=O)N(C)C3)-c2cnn(c2)CCCCO1. The average Bonchev–Trinajstić information content (AvgIpc) is 3.61. The third-order valence-electron chi connectivity index (χ3n) is 7.84. The van der Waals surface area contributed by atoms with Crippen LogP contribution in [0, 0.1) is 0 Å². The first-order valence-electron chi connectivity index (χ1n) is 15.0. The Bertz CT molecular complexity index is 1870. The average molecular weight is 672 g/mol. The Hall–Kier alpha value is -4.46. The minimum absolute atomic E-state index is 0.0133. The van der Waals surface area contributed by atoms with E-state index in [4.69, 9.17) is 13.8 Å². The molecule has 2 aromatic heterocycles. The lowest BCUT2D eigenvalue weighted by Crippen LogP contribution is -2.18. The lowest BCUT2D eigenvalue weighted by Gasteiger charge is -2.19. The van der Waals surface area contributed by atoms with E-state index in [-0.39, 0.29) is 49.0 Å². The Kier molecular flexibility index (Phi) is 8.97. The number of benzene rings is 2. The minimum Gasteiger partial charge on any atom is -0.495 e. The van der Waals surface area contributed by atoms with E-state index in [9.17, 15) is 22.5 Å². The van der Waals surface area contributed by atoms with E-state index in [1.807, 2.05) is 6.20 Å². The Labute approximate surface area is 268 Å². The van der Waals surface area contributed by atoms with Gasteiger partial charge in [0, 0.05) is 38.1 Å². The fourth-order valence-corrected chi connectivity index (χ4v) is 7.32. The van der Waals surface area contributed by atoms with Crippen LogP contribution in [0.15, 0.2) is 48.9 Å². The number of nitrogens with one attached hydrogen (secondary N) is 2. The van der Waals surface area contributed by atoms with Gasteiger partial charge in [-0.2, -0.15) is 23.3 Å². The molecule has 0 spiro atoms. The second kappa shape index (κ2) is 13.0. The van der Waals surface area contributed by atoms with Crippen LogP contribution in [0.3, 0.4) is 0 Å². The molecular formula is C31H33F3N7O5P. The number of aryl methyl sites for hydroxylation is 1. The lowest BCUT2D eigenvalue weighted by molar-refractivity contribution is -0.137. The number of aromatic nitrogens is 4. The maximum Gasteiger partial charge on any atom is 0.421 e. The number of rotatable bonds is 3. The molecule has 248 valence electrons. The minimum atomic E-state index is -4.79. The predicted molar refractivity (Wildman–Crippen MR) is 168 cm³/mol. The number of ether oxygens (including phenoxy) is 1. The van der Waals surface area contributed by atoms with E-state index in [0.717, 1.165) is 11.1 Å². The smallest absolute Gasteiger partial charge is 0.421 e. The second-order valence-corrected chi connectivity index (χ2v) is 13.2. The molecule has 6 heterocycles. The summed E-state index contributed by atoms with van der Waals surface area (Å²) in [4.78, 5) is 22.9. The summed E-state index contributed by atoms with van der Waals surface area (Å²) >= 11 is 0. The summed E-state index contributed by atoms with van der Waals surface area (Å²) < 4.78 is 74.8. The van der Waals surface area contributed by atoms with Gasteiger partial charge in [-0.15, -0.1) is 0 Å². The van der Waals surface area contributed by atoms with Crippen molar-refractivity contribution < 1.29 is 36.3 Å². The van der Waals surface area contributed by atoms with Crippen LogP contribution in [0.1, 0.15) is 46.8 Å². The summed E-state index contributed by atoms with van der Waals surface area (Å²) in [5.74, 6) is -0.721. The van der Waals surface area contributed by atoms with E-state index in [2.05, 4.69) is 25.7 Å². The van der Waals surface area contributed by atoms with Gasteiger partial charge in [-0.1, -0.05) is 12.1 Å². The summed E-state index contributed by atoms with van der Waals surface area (Å²) in [7, 11) is -0.452. The third kappa shape index (κ3) is 6.83. The quantitative estimate of drug-likeness (QED) is 0.220. The molecule has 47 heavy (non-hydrogen) atoms. The topological polar surface area (TPSA) is 133 Å². The zero-order valence-corrected chi connectivity index (χ0v) is 26.8. The van der Waals surface area contributed by atoms with Gasteiger partial charge in [0.1, 0.15) is 17.1 Å². The Morgan fingerprint density at radius 1 is 1.11 bits per heavy atom. The van der Waals surface area contributed by atoms with Crippen LogP contribution in [0.2, 0.25) is 0 Å². The number of hydrogen-bond donors (Lipinski definition) is 2. The highest BCUT2D eigenvalue weighted by Gasteiger charge is 2.37. The maximum absolute atomic E-state index is 14.2. The van der Waals surface area contributed by atoms with E-state index < -0.39 is 25.2 Å². The lowest BCUT2D eigenvalue weighted by atomic mass is 9.97. The molecule has 16 heteroatoms. The number of fused-ring (bicyclic) bond motifs is 1. The number of anilines is 4. The van der Waals surface area contributed by atoms with Crippen LogP contribution in [-0.4, -0.2) is 57.9 Å². The molecule has 0 radical (unpaired) electrons.